The molecule has 0 saturated heterocycles. The molecular weight excluding hydrogens is 216 g/mol. The summed E-state index contributed by atoms with van der Waals surface area (Å²) in [6, 6.07) is 7.38. The molecule has 0 unspecified atom stereocenters. The van der Waals surface area contributed by atoms with Gasteiger partial charge in [0.15, 0.2) is 0 Å². The van der Waals surface area contributed by atoms with Crippen molar-refractivity contribution in [3.05, 3.63) is 29.3 Å². The fraction of sp³-hybridized carbons (Fsp3) is 0.385. The Balaban J connectivity index is 3.15. The number of rotatable bonds is 3. The second-order valence-electron chi connectivity index (χ2n) is 4.53. The Labute approximate surface area is 101 Å². The van der Waals surface area contributed by atoms with Gasteiger partial charge in [0.25, 0.3) is 0 Å². The van der Waals surface area contributed by atoms with Crippen molar-refractivity contribution in [3.63, 3.8) is 0 Å². The Morgan fingerprint density at radius 1 is 1.47 bits per heavy atom. The zero-order valence-corrected chi connectivity index (χ0v) is 10.5. The number of nitrogens with zero attached hydrogens (tertiary/aromatic N) is 2. The van der Waals surface area contributed by atoms with Crippen LogP contribution in [0.5, 0.6) is 0 Å². The molecule has 0 spiro atoms. The molecule has 1 aromatic rings. The minimum Gasteiger partial charge on any atom is -0.480 e. The number of carboxylic acid groups (broad SMARTS) is 1. The molecule has 1 rings (SSSR count). The van der Waals surface area contributed by atoms with Gasteiger partial charge in [0.05, 0.1) is 11.6 Å². The number of nitriles is 1. The van der Waals surface area contributed by atoms with Gasteiger partial charge in [0.2, 0.25) is 0 Å². The fourth-order valence-electron chi connectivity index (χ4n) is 1.45. The van der Waals surface area contributed by atoms with Gasteiger partial charge in [-0.1, -0.05) is 0 Å². The summed E-state index contributed by atoms with van der Waals surface area (Å²) in [5, 5.41) is 18.0. The zero-order chi connectivity index (χ0) is 13.2. The van der Waals surface area contributed by atoms with Gasteiger partial charge in [-0.3, -0.25) is 0 Å². The van der Waals surface area contributed by atoms with E-state index in [9.17, 15) is 4.79 Å². The maximum Gasteiger partial charge on any atom is 0.328 e. The smallest absolute Gasteiger partial charge is 0.328 e. The third kappa shape index (κ3) is 2.39. The van der Waals surface area contributed by atoms with E-state index in [0.29, 0.717) is 5.56 Å². The zero-order valence-electron chi connectivity index (χ0n) is 10.5. The monoisotopic (exact) mass is 232 g/mol. The number of hydrogen-bond acceptors (Lipinski definition) is 3. The van der Waals surface area contributed by atoms with Crippen LogP contribution in [0, 0.1) is 18.3 Å². The van der Waals surface area contributed by atoms with Gasteiger partial charge in [-0.2, -0.15) is 5.26 Å². The highest BCUT2D eigenvalue weighted by atomic mass is 16.4. The Bertz CT molecular complexity index is 487. The Morgan fingerprint density at radius 3 is 2.47 bits per heavy atom. The van der Waals surface area contributed by atoms with E-state index in [1.165, 1.54) is 0 Å². The standard InChI is InChI=1S/C13H16N2O2/c1-9-7-11(6-5-10(9)8-14)15(4)13(2,3)12(16)17/h5-7H,1-4H3,(H,16,17). The van der Waals surface area contributed by atoms with Crippen molar-refractivity contribution < 1.29 is 9.90 Å². The topological polar surface area (TPSA) is 64.3 Å². The molecular formula is C13H16N2O2. The lowest BCUT2D eigenvalue weighted by Gasteiger charge is -2.33. The van der Waals surface area contributed by atoms with Crippen molar-refractivity contribution in [2.24, 2.45) is 0 Å². The number of hydrogen-bond donors (Lipinski definition) is 1. The van der Waals surface area contributed by atoms with Gasteiger partial charge >= 0.3 is 5.97 Å². The number of anilines is 1. The molecule has 0 heterocycles. The first-order valence-electron chi connectivity index (χ1n) is 5.28. The van der Waals surface area contributed by atoms with E-state index in [1.54, 1.807) is 37.9 Å². The molecule has 0 fully saturated rings. The second kappa shape index (κ2) is 4.46. The van der Waals surface area contributed by atoms with Gasteiger partial charge in [-0.15, -0.1) is 0 Å². The van der Waals surface area contributed by atoms with Crippen molar-refractivity contribution in [2.45, 2.75) is 26.3 Å². The average molecular weight is 232 g/mol. The molecule has 0 aromatic heterocycles. The number of benzene rings is 1. The van der Waals surface area contributed by atoms with E-state index in [0.717, 1.165) is 11.3 Å². The van der Waals surface area contributed by atoms with Crippen LogP contribution in [-0.4, -0.2) is 23.7 Å². The molecule has 4 heteroatoms. The summed E-state index contributed by atoms with van der Waals surface area (Å²) < 4.78 is 0. The fourth-order valence-corrected chi connectivity index (χ4v) is 1.45. The lowest BCUT2D eigenvalue weighted by molar-refractivity contribution is -0.142. The molecule has 90 valence electrons. The molecule has 1 N–H and O–H groups in total. The Morgan fingerprint density at radius 2 is 2.06 bits per heavy atom. The van der Waals surface area contributed by atoms with E-state index in [2.05, 4.69) is 6.07 Å². The van der Waals surface area contributed by atoms with Gasteiger partial charge in [0.1, 0.15) is 5.54 Å². The Hall–Kier alpha value is -2.02. The summed E-state index contributed by atoms with van der Waals surface area (Å²) >= 11 is 0. The van der Waals surface area contributed by atoms with Gasteiger partial charge in [-0.05, 0) is 44.5 Å². The minimum atomic E-state index is -0.986. The average Bonchev–Trinajstić information content (AvgIpc) is 2.27. The number of aliphatic carboxylic acids is 1. The molecule has 0 aliphatic heterocycles. The van der Waals surface area contributed by atoms with E-state index in [-0.39, 0.29) is 0 Å². The van der Waals surface area contributed by atoms with E-state index in [4.69, 9.17) is 10.4 Å². The van der Waals surface area contributed by atoms with Crippen LogP contribution in [0.1, 0.15) is 25.0 Å². The molecule has 1 aromatic carbocycles. The molecule has 0 aliphatic rings. The second-order valence-corrected chi connectivity index (χ2v) is 4.53. The normalized spacial score (nSPS) is 10.8. The summed E-state index contributed by atoms with van der Waals surface area (Å²) in [5.41, 5.74) is 1.25. The summed E-state index contributed by atoms with van der Waals surface area (Å²) in [4.78, 5) is 12.8. The first-order chi connectivity index (χ1) is 7.80. The van der Waals surface area contributed by atoms with Crippen LogP contribution in [-0.2, 0) is 4.79 Å². The van der Waals surface area contributed by atoms with Crippen molar-refractivity contribution >= 4 is 11.7 Å². The van der Waals surface area contributed by atoms with Gasteiger partial charge in [-0.25, -0.2) is 4.79 Å². The number of aryl methyl sites for hydroxylation is 1. The Kier molecular flexibility index (Phi) is 3.42. The lowest BCUT2D eigenvalue weighted by atomic mass is 10.0. The molecule has 0 radical (unpaired) electrons. The number of likely N-dealkylation sites (N-methyl/N-ethyl adjacent to an activating group) is 1. The first kappa shape index (κ1) is 13.0. The predicted octanol–water partition coefficient (Wildman–Crippen LogP) is 2.17. The molecule has 0 saturated carbocycles. The number of carbonyl (C=O) groups is 1. The van der Waals surface area contributed by atoms with Crippen molar-refractivity contribution in [1.82, 2.24) is 0 Å². The molecule has 17 heavy (non-hydrogen) atoms. The van der Waals surface area contributed by atoms with Crippen LogP contribution >= 0.6 is 0 Å². The maximum absolute atomic E-state index is 11.1. The highest BCUT2D eigenvalue weighted by molar-refractivity contribution is 5.82. The van der Waals surface area contributed by atoms with Crippen LogP contribution < -0.4 is 4.90 Å². The van der Waals surface area contributed by atoms with Crippen LogP contribution in [0.15, 0.2) is 18.2 Å². The molecule has 0 bridgehead atoms. The van der Waals surface area contributed by atoms with Crippen LogP contribution in [0.4, 0.5) is 5.69 Å². The highest BCUT2D eigenvalue weighted by Crippen LogP contribution is 2.24. The third-order valence-corrected chi connectivity index (χ3v) is 3.08. The van der Waals surface area contributed by atoms with Gasteiger partial charge in [0, 0.05) is 12.7 Å². The van der Waals surface area contributed by atoms with E-state index in [1.807, 2.05) is 13.0 Å². The summed E-state index contributed by atoms with van der Waals surface area (Å²) in [6.45, 7) is 5.12. The molecule has 0 atom stereocenters. The van der Waals surface area contributed by atoms with Crippen LogP contribution in [0.3, 0.4) is 0 Å². The highest BCUT2D eigenvalue weighted by Gasteiger charge is 2.32. The largest absolute Gasteiger partial charge is 0.480 e. The first-order valence-corrected chi connectivity index (χ1v) is 5.28. The van der Waals surface area contributed by atoms with Gasteiger partial charge < -0.3 is 10.0 Å². The van der Waals surface area contributed by atoms with Crippen molar-refractivity contribution in [3.8, 4) is 6.07 Å². The van der Waals surface area contributed by atoms with Crippen molar-refractivity contribution in [1.29, 1.82) is 5.26 Å². The number of carboxylic acids is 1. The lowest BCUT2D eigenvalue weighted by Crippen LogP contribution is -2.48. The minimum absolute atomic E-state index is 0.607. The molecule has 0 amide bonds. The maximum atomic E-state index is 11.1. The predicted molar refractivity (Wildman–Crippen MR) is 66.0 cm³/mol. The van der Waals surface area contributed by atoms with Crippen LogP contribution in [0.25, 0.3) is 0 Å². The van der Waals surface area contributed by atoms with E-state index >= 15 is 0 Å². The third-order valence-electron chi connectivity index (χ3n) is 3.08. The summed E-state index contributed by atoms with van der Waals surface area (Å²) in [5.74, 6) is -0.887. The summed E-state index contributed by atoms with van der Waals surface area (Å²) in [7, 11) is 1.73. The SMILES string of the molecule is Cc1cc(N(C)C(C)(C)C(=O)O)ccc1C#N. The quantitative estimate of drug-likeness (QED) is 0.867. The van der Waals surface area contributed by atoms with E-state index < -0.39 is 11.5 Å². The summed E-state index contributed by atoms with van der Waals surface area (Å²) in [6.07, 6.45) is 0. The molecule has 0 aliphatic carbocycles. The molecule has 4 nitrogen and oxygen atoms in total. The van der Waals surface area contributed by atoms with Crippen LogP contribution in [0.2, 0.25) is 0 Å². The van der Waals surface area contributed by atoms with Crippen molar-refractivity contribution in [2.75, 3.05) is 11.9 Å².